The van der Waals surface area contributed by atoms with E-state index in [2.05, 4.69) is 25.8 Å². The Morgan fingerprint density at radius 3 is 2.64 bits per heavy atom. The molecule has 0 atom stereocenters. The van der Waals surface area contributed by atoms with Crippen molar-refractivity contribution in [1.29, 1.82) is 0 Å². The smallest absolute Gasteiger partial charge is 0.292 e. The Morgan fingerprint density at radius 1 is 1.07 bits per heavy atom. The molecule has 2 N–H and O–H groups in total. The van der Waals surface area contributed by atoms with Crippen LogP contribution in [0.15, 0.2) is 64.5 Å². The first-order valence-electron chi connectivity index (χ1n) is 8.68. The van der Waals surface area contributed by atoms with Crippen LogP contribution in [0.4, 0.5) is 5.82 Å². The molecule has 28 heavy (non-hydrogen) atoms. The molecular formula is C19H19N5O3S. The van der Waals surface area contributed by atoms with E-state index in [1.54, 1.807) is 36.7 Å². The second kappa shape index (κ2) is 10.2. The van der Waals surface area contributed by atoms with Crippen LogP contribution < -0.4 is 10.6 Å². The number of carbonyl (C=O) groups is 2. The summed E-state index contributed by atoms with van der Waals surface area (Å²) in [6, 6.07) is 10.4. The Kier molecular flexibility index (Phi) is 7.14. The number of pyridine rings is 1. The van der Waals surface area contributed by atoms with Crippen LogP contribution in [0.2, 0.25) is 0 Å². The van der Waals surface area contributed by atoms with E-state index in [0.717, 1.165) is 22.8 Å². The van der Waals surface area contributed by atoms with Crippen LogP contribution in [0.3, 0.4) is 0 Å². The van der Waals surface area contributed by atoms with Crippen molar-refractivity contribution < 1.29 is 14.0 Å². The van der Waals surface area contributed by atoms with Crippen molar-refractivity contribution in [3.05, 3.63) is 66.4 Å². The quantitative estimate of drug-likeness (QED) is 0.422. The summed E-state index contributed by atoms with van der Waals surface area (Å²) in [4.78, 5) is 27.7. The maximum atomic E-state index is 11.9. The number of hydrogen-bond acceptors (Lipinski definition) is 7. The molecule has 3 aromatic heterocycles. The lowest BCUT2D eigenvalue weighted by atomic mass is 10.2. The van der Waals surface area contributed by atoms with Gasteiger partial charge in [0.25, 0.3) is 5.91 Å². The highest BCUT2D eigenvalue weighted by Gasteiger charge is 2.10. The lowest BCUT2D eigenvalue weighted by Crippen LogP contribution is -2.22. The van der Waals surface area contributed by atoms with Gasteiger partial charge in [-0.2, -0.15) is 0 Å². The van der Waals surface area contributed by atoms with Gasteiger partial charge in [-0.1, -0.05) is 0 Å². The fourth-order valence-electron chi connectivity index (χ4n) is 2.25. The molecule has 0 radical (unpaired) electrons. The average Bonchev–Trinajstić information content (AvgIpc) is 3.27. The first-order valence-corrected chi connectivity index (χ1v) is 9.66. The molecule has 8 nitrogen and oxygen atoms in total. The van der Waals surface area contributed by atoms with Gasteiger partial charge in [-0.3, -0.25) is 14.6 Å². The number of nitrogens with zero attached hydrogens (tertiary/aromatic N) is 3. The molecule has 0 unspecified atom stereocenters. The molecule has 2 amide bonds. The molecule has 0 aliphatic rings. The fraction of sp³-hybridized carbons (Fsp3) is 0.211. The Hall–Kier alpha value is -3.20. The number of hydrogen-bond donors (Lipinski definition) is 2. The fourth-order valence-corrected chi connectivity index (χ4v) is 3.01. The van der Waals surface area contributed by atoms with Crippen molar-refractivity contribution >= 4 is 29.4 Å². The van der Waals surface area contributed by atoms with Gasteiger partial charge in [0.2, 0.25) is 5.91 Å². The van der Waals surface area contributed by atoms with Crippen LogP contribution in [-0.4, -0.2) is 32.7 Å². The summed E-state index contributed by atoms with van der Waals surface area (Å²) >= 11 is 1.51. The molecule has 0 aliphatic carbocycles. The van der Waals surface area contributed by atoms with Crippen LogP contribution in [0.5, 0.6) is 0 Å². The standard InChI is InChI=1S/C19H19N5O3S/c25-17(21-13-14-7-9-20-10-8-14)4-2-12-28-18-6-5-16(23-24-18)22-19(26)15-3-1-11-27-15/h1,3,5-11H,2,4,12-13H2,(H,21,25)(H,22,23,26). The third-order valence-corrected chi connectivity index (χ3v) is 4.67. The second-order valence-electron chi connectivity index (χ2n) is 5.77. The summed E-state index contributed by atoms with van der Waals surface area (Å²) in [5.41, 5.74) is 1.02. The van der Waals surface area contributed by atoms with E-state index in [9.17, 15) is 9.59 Å². The van der Waals surface area contributed by atoms with Gasteiger partial charge in [-0.25, -0.2) is 0 Å². The predicted octanol–water partition coefficient (Wildman–Crippen LogP) is 2.91. The number of furan rings is 1. The van der Waals surface area contributed by atoms with Crippen LogP contribution in [0.1, 0.15) is 29.0 Å². The molecule has 0 bridgehead atoms. The van der Waals surface area contributed by atoms with Crippen molar-refractivity contribution in [2.45, 2.75) is 24.4 Å². The van der Waals surface area contributed by atoms with E-state index in [4.69, 9.17) is 4.42 Å². The molecule has 0 saturated carbocycles. The van der Waals surface area contributed by atoms with Gasteiger partial charge in [-0.15, -0.1) is 22.0 Å². The summed E-state index contributed by atoms with van der Waals surface area (Å²) in [6.45, 7) is 0.505. The van der Waals surface area contributed by atoms with Gasteiger partial charge in [0.1, 0.15) is 5.03 Å². The van der Waals surface area contributed by atoms with Gasteiger partial charge in [0, 0.05) is 31.1 Å². The summed E-state index contributed by atoms with van der Waals surface area (Å²) in [5, 5.41) is 14.3. The lowest BCUT2D eigenvalue weighted by Gasteiger charge is -2.05. The monoisotopic (exact) mass is 397 g/mol. The summed E-state index contributed by atoms with van der Waals surface area (Å²) in [5.74, 6) is 0.941. The van der Waals surface area contributed by atoms with E-state index in [0.29, 0.717) is 18.8 Å². The van der Waals surface area contributed by atoms with E-state index >= 15 is 0 Å². The van der Waals surface area contributed by atoms with Crippen LogP contribution in [-0.2, 0) is 11.3 Å². The zero-order chi connectivity index (χ0) is 19.6. The van der Waals surface area contributed by atoms with Crippen molar-refractivity contribution in [3.63, 3.8) is 0 Å². The van der Waals surface area contributed by atoms with Gasteiger partial charge in [0.15, 0.2) is 11.6 Å². The van der Waals surface area contributed by atoms with Crippen LogP contribution in [0.25, 0.3) is 0 Å². The minimum absolute atomic E-state index is 0.0134. The summed E-state index contributed by atoms with van der Waals surface area (Å²) in [7, 11) is 0. The molecule has 3 heterocycles. The first-order chi connectivity index (χ1) is 13.7. The highest BCUT2D eigenvalue weighted by Crippen LogP contribution is 2.17. The van der Waals surface area contributed by atoms with Gasteiger partial charge >= 0.3 is 0 Å². The van der Waals surface area contributed by atoms with E-state index in [1.807, 2.05) is 12.1 Å². The van der Waals surface area contributed by atoms with Gasteiger partial charge < -0.3 is 15.1 Å². The normalized spacial score (nSPS) is 10.4. The van der Waals surface area contributed by atoms with E-state index in [1.165, 1.54) is 18.0 Å². The largest absolute Gasteiger partial charge is 0.459 e. The Balaban J connectivity index is 1.33. The number of anilines is 1. The number of carbonyl (C=O) groups excluding carboxylic acids is 2. The molecule has 3 aromatic rings. The molecule has 144 valence electrons. The second-order valence-corrected chi connectivity index (χ2v) is 6.89. The summed E-state index contributed by atoms with van der Waals surface area (Å²) in [6.07, 6.45) is 6.01. The topological polar surface area (TPSA) is 110 Å². The van der Waals surface area contributed by atoms with Crippen molar-refractivity contribution in [2.24, 2.45) is 0 Å². The minimum atomic E-state index is -0.377. The number of amides is 2. The third-order valence-electron chi connectivity index (χ3n) is 3.66. The zero-order valence-electron chi connectivity index (χ0n) is 15.0. The van der Waals surface area contributed by atoms with Gasteiger partial charge in [-0.05, 0) is 48.4 Å². The molecule has 0 spiro atoms. The lowest BCUT2D eigenvalue weighted by molar-refractivity contribution is -0.121. The SMILES string of the molecule is O=C(CCCSc1ccc(NC(=O)c2ccco2)nn1)NCc1ccncc1. The molecule has 0 saturated heterocycles. The maximum Gasteiger partial charge on any atom is 0.292 e. The number of nitrogens with one attached hydrogen (secondary N) is 2. The molecular weight excluding hydrogens is 378 g/mol. The molecule has 0 fully saturated rings. The highest BCUT2D eigenvalue weighted by molar-refractivity contribution is 7.99. The number of thioether (sulfide) groups is 1. The number of aromatic nitrogens is 3. The zero-order valence-corrected chi connectivity index (χ0v) is 15.8. The average molecular weight is 397 g/mol. The predicted molar refractivity (Wildman–Crippen MR) is 105 cm³/mol. The molecule has 3 rings (SSSR count). The third kappa shape index (κ3) is 6.20. The van der Waals surface area contributed by atoms with E-state index < -0.39 is 0 Å². The van der Waals surface area contributed by atoms with Gasteiger partial charge in [0.05, 0.1) is 6.26 Å². The summed E-state index contributed by atoms with van der Waals surface area (Å²) < 4.78 is 5.02. The molecule has 0 aliphatic heterocycles. The Morgan fingerprint density at radius 2 is 1.93 bits per heavy atom. The van der Waals surface area contributed by atoms with Crippen LogP contribution >= 0.6 is 11.8 Å². The van der Waals surface area contributed by atoms with Crippen molar-refractivity contribution in [3.8, 4) is 0 Å². The molecule has 9 heteroatoms. The Bertz CT molecular complexity index is 886. The minimum Gasteiger partial charge on any atom is -0.459 e. The van der Waals surface area contributed by atoms with Crippen molar-refractivity contribution in [1.82, 2.24) is 20.5 Å². The first kappa shape index (κ1) is 19.6. The highest BCUT2D eigenvalue weighted by atomic mass is 32.2. The number of rotatable bonds is 9. The van der Waals surface area contributed by atoms with Crippen LogP contribution in [0, 0.1) is 0 Å². The Labute approximate surface area is 166 Å². The van der Waals surface area contributed by atoms with Crippen molar-refractivity contribution in [2.75, 3.05) is 11.1 Å². The molecule has 0 aromatic carbocycles. The maximum absolute atomic E-state index is 11.9. The van der Waals surface area contributed by atoms with E-state index in [-0.39, 0.29) is 17.6 Å².